The second kappa shape index (κ2) is 8.82. The van der Waals surface area contributed by atoms with E-state index in [9.17, 15) is 14.7 Å². The number of carbonyl (C=O) groups is 2. The average Bonchev–Trinajstić information content (AvgIpc) is 2.94. The minimum Gasteiger partial charge on any atom is -0.455 e. The molecule has 3 aliphatic rings. The summed E-state index contributed by atoms with van der Waals surface area (Å²) in [6, 6.07) is 0. The van der Waals surface area contributed by atoms with Crippen LogP contribution in [-0.2, 0) is 19.1 Å². The zero-order chi connectivity index (χ0) is 23.1. The van der Waals surface area contributed by atoms with Gasteiger partial charge in [0, 0.05) is 18.4 Å². The van der Waals surface area contributed by atoms with Crippen LogP contribution in [0.5, 0.6) is 0 Å². The van der Waals surface area contributed by atoms with Crippen LogP contribution in [0.25, 0.3) is 0 Å². The van der Waals surface area contributed by atoms with E-state index in [1.54, 1.807) is 6.92 Å². The summed E-state index contributed by atoms with van der Waals surface area (Å²) in [4.78, 5) is 26.9. The van der Waals surface area contributed by atoms with Gasteiger partial charge in [-0.2, -0.15) is 0 Å². The summed E-state index contributed by atoms with van der Waals surface area (Å²) in [5.41, 5.74) is -2.15. The van der Waals surface area contributed by atoms with Gasteiger partial charge < -0.3 is 14.6 Å². The van der Waals surface area contributed by atoms with E-state index >= 15 is 0 Å². The zero-order valence-corrected chi connectivity index (χ0v) is 19.8. The molecule has 2 aliphatic heterocycles. The highest BCUT2D eigenvalue weighted by Crippen LogP contribution is 2.58. The summed E-state index contributed by atoms with van der Waals surface area (Å²) in [7, 11) is 0. The molecule has 0 radical (unpaired) electrons. The van der Waals surface area contributed by atoms with E-state index < -0.39 is 23.1 Å². The zero-order valence-electron chi connectivity index (χ0n) is 19.8. The maximum atomic E-state index is 13.6. The van der Waals surface area contributed by atoms with E-state index in [4.69, 9.17) is 9.47 Å². The first-order valence-corrected chi connectivity index (χ1v) is 11.8. The fraction of sp³-hybridized carbons (Fsp3) is 0.769. The molecule has 5 heteroatoms. The van der Waals surface area contributed by atoms with Crippen molar-refractivity contribution in [2.45, 2.75) is 78.1 Å². The summed E-state index contributed by atoms with van der Waals surface area (Å²) >= 11 is 0. The van der Waals surface area contributed by atoms with E-state index in [1.807, 2.05) is 19.1 Å². The number of fused-ring (bicyclic) bond motifs is 2. The number of aliphatic hydroxyl groups excluding tert-OH is 1. The van der Waals surface area contributed by atoms with Gasteiger partial charge in [0.15, 0.2) is 11.2 Å². The third-order valence-corrected chi connectivity index (χ3v) is 8.50. The highest BCUT2D eigenvalue weighted by molar-refractivity contribution is 6.07. The van der Waals surface area contributed by atoms with Crippen molar-refractivity contribution in [1.29, 1.82) is 0 Å². The minimum atomic E-state index is -1.29. The lowest BCUT2D eigenvalue weighted by Gasteiger charge is -2.52. The van der Waals surface area contributed by atoms with Gasteiger partial charge in [-0.15, -0.1) is 13.2 Å². The molecule has 0 amide bonds. The standard InChI is InChI=1S/C26H40O5/c1-8-10-20-12-19(14-27)17(5)13-26(20)23-25(7,24(29)31-26)22(28)18(6)21(30-23)16(4)11-15(3)9-2/h8-9,15-21,23,27H,1-2,10-14H2,3-7H3/t15-,16-,17+,18+,19-,20+,21-,23-,25+,26+/m1/s1. The maximum Gasteiger partial charge on any atom is 0.322 e. The summed E-state index contributed by atoms with van der Waals surface area (Å²) in [5, 5.41) is 9.89. The normalized spacial score (nSPS) is 44.5. The van der Waals surface area contributed by atoms with Crippen LogP contribution < -0.4 is 0 Å². The molecule has 0 aromatic heterocycles. The Kier molecular flexibility index (Phi) is 6.88. The van der Waals surface area contributed by atoms with Gasteiger partial charge >= 0.3 is 5.97 Å². The van der Waals surface area contributed by atoms with E-state index in [0.717, 1.165) is 12.8 Å². The molecule has 3 fully saturated rings. The first-order chi connectivity index (χ1) is 14.6. The summed E-state index contributed by atoms with van der Waals surface area (Å²) in [5.74, 6) is -0.157. The van der Waals surface area contributed by atoms with Crippen LogP contribution in [0.2, 0.25) is 0 Å². The lowest BCUT2D eigenvalue weighted by Crippen LogP contribution is -2.63. The monoisotopic (exact) mass is 432 g/mol. The Morgan fingerprint density at radius 3 is 2.52 bits per heavy atom. The summed E-state index contributed by atoms with van der Waals surface area (Å²) in [6.07, 6.45) is 5.74. The van der Waals surface area contributed by atoms with E-state index in [-0.39, 0.29) is 48.1 Å². The van der Waals surface area contributed by atoms with E-state index in [1.165, 1.54) is 0 Å². The number of ketones is 1. The van der Waals surface area contributed by atoms with Crippen molar-refractivity contribution in [3.8, 4) is 0 Å². The Hall–Kier alpha value is -1.46. The molecule has 174 valence electrons. The van der Waals surface area contributed by atoms with Gasteiger partial charge in [-0.05, 0) is 56.3 Å². The van der Waals surface area contributed by atoms with Crippen LogP contribution in [0.4, 0.5) is 0 Å². The van der Waals surface area contributed by atoms with Crippen LogP contribution in [-0.4, -0.2) is 41.3 Å². The van der Waals surface area contributed by atoms with Crippen LogP contribution in [0, 0.1) is 40.9 Å². The van der Waals surface area contributed by atoms with E-state index in [2.05, 4.69) is 33.9 Å². The number of aliphatic hydroxyl groups is 1. The molecule has 10 atom stereocenters. The molecule has 2 heterocycles. The first kappa shape index (κ1) is 24.2. The van der Waals surface area contributed by atoms with Gasteiger partial charge in [0.2, 0.25) is 0 Å². The fourth-order valence-electron chi connectivity index (χ4n) is 6.58. The number of ether oxygens (including phenoxy) is 2. The largest absolute Gasteiger partial charge is 0.455 e. The lowest BCUT2D eigenvalue weighted by atomic mass is 9.58. The van der Waals surface area contributed by atoms with Gasteiger partial charge in [0.25, 0.3) is 0 Å². The van der Waals surface area contributed by atoms with Gasteiger partial charge in [0.1, 0.15) is 11.7 Å². The Morgan fingerprint density at radius 1 is 1.26 bits per heavy atom. The number of Topliss-reactive ketones (excluding diaryl/α,β-unsaturated/α-hetero) is 1. The molecule has 31 heavy (non-hydrogen) atoms. The molecular formula is C26H40O5. The Bertz CT molecular complexity index is 731. The average molecular weight is 433 g/mol. The van der Waals surface area contributed by atoms with Crippen LogP contribution in [0.15, 0.2) is 25.3 Å². The van der Waals surface area contributed by atoms with Crippen molar-refractivity contribution in [2.75, 3.05) is 6.61 Å². The van der Waals surface area contributed by atoms with Crippen molar-refractivity contribution in [1.82, 2.24) is 0 Å². The fourth-order valence-corrected chi connectivity index (χ4v) is 6.58. The van der Waals surface area contributed by atoms with E-state index in [0.29, 0.717) is 18.8 Å². The van der Waals surface area contributed by atoms with Crippen LogP contribution in [0.3, 0.4) is 0 Å². The molecule has 2 saturated heterocycles. The van der Waals surface area contributed by atoms with Crippen LogP contribution in [0.1, 0.15) is 60.3 Å². The second-order valence-corrected chi connectivity index (χ2v) is 10.7. The molecule has 1 saturated carbocycles. The molecular weight excluding hydrogens is 392 g/mol. The number of hydrogen-bond acceptors (Lipinski definition) is 5. The lowest BCUT2D eigenvalue weighted by molar-refractivity contribution is -0.212. The minimum absolute atomic E-state index is 0.0293. The van der Waals surface area contributed by atoms with Crippen molar-refractivity contribution in [3.05, 3.63) is 25.3 Å². The summed E-state index contributed by atoms with van der Waals surface area (Å²) in [6.45, 7) is 17.8. The Labute approximate surface area is 187 Å². The van der Waals surface area contributed by atoms with Gasteiger partial charge in [0.05, 0.1) is 6.10 Å². The molecule has 0 aromatic carbocycles. The van der Waals surface area contributed by atoms with Gasteiger partial charge in [-0.25, -0.2) is 0 Å². The SMILES string of the molecule is C=CC[C@H]1C[C@H](CO)[C@@H](C)C[C@]12OC(=O)[C@@]1(C)C(=O)[C@@H](C)[C@@H]([C@H](C)C[C@H](C)C=C)O[C@H]12. The predicted molar refractivity (Wildman–Crippen MR) is 120 cm³/mol. The summed E-state index contributed by atoms with van der Waals surface area (Å²) < 4.78 is 12.9. The maximum absolute atomic E-state index is 13.6. The highest BCUT2D eigenvalue weighted by Gasteiger charge is 2.73. The molecule has 3 rings (SSSR count). The number of allylic oxidation sites excluding steroid dienone is 2. The van der Waals surface area contributed by atoms with Gasteiger partial charge in [-0.1, -0.05) is 39.8 Å². The third kappa shape index (κ3) is 3.72. The Morgan fingerprint density at radius 2 is 1.94 bits per heavy atom. The second-order valence-electron chi connectivity index (χ2n) is 10.7. The number of hydrogen-bond donors (Lipinski definition) is 1. The molecule has 0 bridgehead atoms. The van der Waals surface area contributed by atoms with Crippen LogP contribution >= 0.6 is 0 Å². The van der Waals surface area contributed by atoms with Crippen molar-refractivity contribution < 1.29 is 24.2 Å². The molecule has 1 spiro atoms. The number of carbonyl (C=O) groups excluding carboxylic acids is 2. The smallest absolute Gasteiger partial charge is 0.322 e. The third-order valence-electron chi connectivity index (χ3n) is 8.50. The van der Waals surface area contributed by atoms with Gasteiger partial charge in [-0.3, -0.25) is 9.59 Å². The topological polar surface area (TPSA) is 72.8 Å². The Balaban J connectivity index is 2.02. The molecule has 1 aliphatic carbocycles. The number of esters is 1. The molecule has 0 unspecified atom stereocenters. The first-order valence-electron chi connectivity index (χ1n) is 11.8. The molecule has 1 N–H and O–H groups in total. The van der Waals surface area contributed by atoms with Crippen molar-refractivity contribution in [2.24, 2.45) is 40.9 Å². The predicted octanol–water partition coefficient (Wildman–Crippen LogP) is 4.34. The molecule has 0 aromatic rings. The van der Waals surface area contributed by atoms with Crippen molar-refractivity contribution in [3.63, 3.8) is 0 Å². The quantitative estimate of drug-likeness (QED) is 0.368. The van der Waals surface area contributed by atoms with Crippen molar-refractivity contribution >= 4 is 11.8 Å². The molecule has 5 nitrogen and oxygen atoms in total. The number of rotatable bonds is 7. The highest BCUT2D eigenvalue weighted by atomic mass is 16.6.